The molecule has 2 saturated heterocycles. The fourth-order valence-corrected chi connectivity index (χ4v) is 3.70. The molecule has 4 rings (SSSR count). The van der Waals surface area contributed by atoms with Gasteiger partial charge in [0.05, 0.1) is 30.2 Å². The quantitative estimate of drug-likeness (QED) is 0.912. The SMILES string of the molecule is CC1(C)C(=O)N(C2COC2)C2=CC(NC(=O)c3cccnc3)=CCC21. The Morgan fingerprint density at radius 1 is 1.40 bits per heavy atom. The van der Waals surface area contributed by atoms with Gasteiger partial charge in [-0.15, -0.1) is 0 Å². The van der Waals surface area contributed by atoms with Gasteiger partial charge in [0.2, 0.25) is 5.91 Å². The first-order valence-electron chi connectivity index (χ1n) is 8.53. The number of carbonyl (C=O) groups excluding carboxylic acids is 2. The molecule has 1 aliphatic carbocycles. The summed E-state index contributed by atoms with van der Waals surface area (Å²) in [6.45, 7) is 5.15. The van der Waals surface area contributed by atoms with Gasteiger partial charge in [0.25, 0.3) is 5.91 Å². The first-order valence-corrected chi connectivity index (χ1v) is 8.53. The number of aromatic nitrogens is 1. The second-order valence-electron chi connectivity index (χ2n) is 7.30. The summed E-state index contributed by atoms with van der Waals surface area (Å²) in [6, 6.07) is 3.56. The van der Waals surface area contributed by atoms with E-state index in [1.807, 2.05) is 30.9 Å². The number of carbonyl (C=O) groups is 2. The standard InChI is InChI=1S/C19H21N3O3/c1-19(2)15-6-5-13(21-17(23)12-4-3-7-20-9-12)8-16(15)22(18(19)24)14-10-25-11-14/h3-5,7-9,14-15H,6,10-11H2,1-2H3,(H,21,23). The molecule has 2 amide bonds. The van der Waals surface area contributed by atoms with E-state index in [2.05, 4.69) is 10.3 Å². The minimum absolute atomic E-state index is 0.108. The lowest BCUT2D eigenvalue weighted by Crippen LogP contribution is -2.50. The molecule has 0 bridgehead atoms. The van der Waals surface area contributed by atoms with Crippen molar-refractivity contribution >= 4 is 11.8 Å². The molecule has 25 heavy (non-hydrogen) atoms. The Morgan fingerprint density at radius 2 is 2.20 bits per heavy atom. The maximum absolute atomic E-state index is 12.9. The van der Waals surface area contributed by atoms with Gasteiger partial charge in [0, 0.05) is 29.7 Å². The first kappa shape index (κ1) is 16.0. The highest BCUT2D eigenvalue weighted by Crippen LogP contribution is 2.49. The molecular weight excluding hydrogens is 318 g/mol. The predicted molar refractivity (Wildman–Crippen MR) is 91.2 cm³/mol. The summed E-state index contributed by atoms with van der Waals surface area (Å²) in [5, 5.41) is 2.92. The number of amides is 2. The van der Waals surface area contributed by atoms with Crippen molar-refractivity contribution in [1.29, 1.82) is 0 Å². The maximum Gasteiger partial charge on any atom is 0.257 e. The Kier molecular flexibility index (Phi) is 3.72. The van der Waals surface area contributed by atoms with Gasteiger partial charge in [-0.25, -0.2) is 0 Å². The molecule has 1 unspecified atom stereocenters. The Bertz CT molecular complexity index is 778. The van der Waals surface area contributed by atoms with Gasteiger partial charge < -0.3 is 15.0 Å². The van der Waals surface area contributed by atoms with Crippen molar-refractivity contribution in [2.24, 2.45) is 11.3 Å². The van der Waals surface area contributed by atoms with Crippen molar-refractivity contribution in [3.8, 4) is 0 Å². The van der Waals surface area contributed by atoms with Gasteiger partial charge >= 0.3 is 0 Å². The van der Waals surface area contributed by atoms with Crippen LogP contribution in [0.25, 0.3) is 0 Å². The molecule has 0 spiro atoms. The molecule has 0 saturated carbocycles. The third-order valence-electron chi connectivity index (χ3n) is 5.32. The molecule has 3 heterocycles. The number of ether oxygens (including phenoxy) is 1. The molecule has 6 nitrogen and oxygen atoms in total. The Balaban J connectivity index is 1.59. The topological polar surface area (TPSA) is 71.5 Å². The fourth-order valence-electron chi connectivity index (χ4n) is 3.70. The number of hydrogen-bond acceptors (Lipinski definition) is 4. The van der Waals surface area contributed by atoms with E-state index in [1.165, 1.54) is 6.20 Å². The summed E-state index contributed by atoms with van der Waals surface area (Å²) in [5.41, 5.74) is 1.80. The molecule has 2 fully saturated rings. The lowest BCUT2D eigenvalue weighted by Gasteiger charge is -2.36. The first-order chi connectivity index (χ1) is 12.0. The number of nitrogens with one attached hydrogen (secondary N) is 1. The number of rotatable bonds is 3. The van der Waals surface area contributed by atoms with Gasteiger partial charge in [0.15, 0.2) is 0 Å². The van der Waals surface area contributed by atoms with Crippen molar-refractivity contribution in [2.75, 3.05) is 13.2 Å². The summed E-state index contributed by atoms with van der Waals surface area (Å²) in [5.74, 6) is 0.0849. The number of hydrogen-bond donors (Lipinski definition) is 1. The molecule has 0 aromatic carbocycles. The van der Waals surface area contributed by atoms with Crippen LogP contribution in [0.2, 0.25) is 0 Å². The van der Waals surface area contributed by atoms with E-state index in [9.17, 15) is 9.59 Å². The fraction of sp³-hybridized carbons (Fsp3) is 0.421. The van der Waals surface area contributed by atoms with Gasteiger partial charge in [-0.1, -0.05) is 19.9 Å². The van der Waals surface area contributed by atoms with Crippen LogP contribution >= 0.6 is 0 Å². The van der Waals surface area contributed by atoms with Crippen LogP contribution in [0.4, 0.5) is 0 Å². The molecule has 2 aliphatic heterocycles. The molecule has 0 radical (unpaired) electrons. The molecule has 3 aliphatic rings. The number of likely N-dealkylation sites (tertiary alicyclic amines) is 1. The smallest absolute Gasteiger partial charge is 0.257 e. The highest BCUT2D eigenvalue weighted by atomic mass is 16.5. The van der Waals surface area contributed by atoms with Crippen LogP contribution < -0.4 is 5.32 Å². The van der Waals surface area contributed by atoms with E-state index in [-0.39, 0.29) is 23.8 Å². The second kappa shape index (κ2) is 5.81. The predicted octanol–water partition coefficient (Wildman–Crippen LogP) is 1.87. The van der Waals surface area contributed by atoms with E-state index < -0.39 is 5.41 Å². The highest BCUT2D eigenvalue weighted by Gasteiger charge is 2.53. The third-order valence-corrected chi connectivity index (χ3v) is 5.32. The van der Waals surface area contributed by atoms with Gasteiger partial charge in [0.1, 0.15) is 0 Å². The van der Waals surface area contributed by atoms with Crippen molar-refractivity contribution in [2.45, 2.75) is 26.3 Å². The average Bonchev–Trinajstić information content (AvgIpc) is 2.75. The largest absolute Gasteiger partial charge is 0.377 e. The molecule has 1 atom stereocenters. The zero-order valence-corrected chi connectivity index (χ0v) is 14.4. The van der Waals surface area contributed by atoms with Gasteiger partial charge in [-0.2, -0.15) is 0 Å². The molecule has 1 N–H and O–H groups in total. The van der Waals surface area contributed by atoms with Crippen LogP contribution in [0, 0.1) is 11.3 Å². The molecule has 130 valence electrons. The third kappa shape index (κ3) is 2.57. The average molecular weight is 339 g/mol. The number of nitrogens with zero attached hydrogens (tertiary/aromatic N) is 2. The monoisotopic (exact) mass is 339 g/mol. The van der Waals surface area contributed by atoms with Crippen LogP contribution in [0.5, 0.6) is 0 Å². The van der Waals surface area contributed by atoms with Crippen molar-refractivity contribution in [3.05, 3.63) is 53.6 Å². The van der Waals surface area contributed by atoms with Crippen LogP contribution in [-0.4, -0.2) is 41.0 Å². The summed E-state index contributed by atoms with van der Waals surface area (Å²) in [6.07, 6.45) is 7.84. The second-order valence-corrected chi connectivity index (χ2v) is 7.30. The highest BCUT2D eigenvalue weighted by molar-refractivity contribution is 5.95. The number of fused-ring (bicyclic) bond motifs is 1. The van der Waals surface area contributed by atoms with E-state index >= 15 is 0 Å². The van der Waals surface area contributed by atoms with Crippen LogP contribution in [0.15, 0.2) is 48.1 Å². The summed E-state index contributed by atoms with van der Waals surface area (Å²) >= 11 is 0. The van der Waals surface area contributed by atoms with Crippen LogP contribution in [0.3, 0.4) is 0 Å². The minimum Gasteiger partial charge on any atom is -0.377 e. The molecular formula is C19H21N3O3. The maximum atomic E-state index is 12.9. The van der Waals surface area contributed by atoms with Crippen LogP contribution in [0.1, 0.15) is 30.6 Å². The van der Waals surface area contributed by atoms with Crippen molar-refractivity contribution in [1.82, 2.24) is 15.2 Å². The summed E-state index contributed by atoms with van der Waals surface area (Å²) < 4.78 is 5.28. The summed E-state index contributed by atoms with van der Waals surface area (Å²) in [7, 11) is 0. The molecule has 1 aromatic heterocycles. The number of allylic oxidation sites excluding steroid dienone is 3. The minimum atomic E-state index is -0.434. The Morgan fingerprint density at radius 3 is 2.84 bits per heavy atom. The Hall–Kier alpha value is -2.47. The van der Waals surface area contributed by atoms with Gasteiger partial charge in [-0.05, 0) is 24.6 Å². The van der Waals surface area contributed by atoms with E-state index in [0.29, 0.717) is 18.8 Å². The Labute approximate surface area is 146 Å². The zero-order chi connectivity index (χ0) is 17.6. The number of pyridine rings is 1. The van der Waals surface area contributed by atoms with E-state index in [4.69, 9.17) is 4.74 Å². The molecule has 6 heteroatoms. The lowest BCUT2D eigenvalue weighted by molar-refractivity contribution is -0.143. The summed E-state index contributed by atoms with van der Waals surface area (Å²) in [4.78, 5) is 31.1. The molecule has 1 aromatic rings. The lowest BCUT2D eigenvalue weighted by atomic mass is 9.76. The zero-order valence-electron chi connectivity index (χ0n) is 14.4. The van der Waals surface area contributed by atoms with E-state index in [1.54, 1.807) is 18.3 Å². The van der Waals surface area contributed by atoms with E-state index in [0.717, 1.165) is 17.8 Å². The van der Waals surface area contributed by atoms with Crippen molar-refractivity contribution < 1.29 is 14.3 Å². The van der Waals surface area contributed by atoms with Gasteiger partial charge in [-0.3, -0.25) is 14.6 Å². The van der Waals surface area contributed by atoms with Crippen molar-refractivity contribution in [3.63, 3.8) is 0 Å². The normalized spacial score (nSPS) is 25.0. The van der Waals surface area contributed by atoms with Crippen LogP contribution in [-0.2, 0) is 9.53 Å².